The molecule has 1 atom stereocenters. The van der Waals surface area contributed by atoms with Crippen LogP contribution in [0.25, 0.3) is 10.1 Å². The van der Waals surface area contributed by atoms with Crippen molar-refractivity contribution in [3.63, 3.8) is 0 Å². The molecule has 3 heterocycles. The minimum absolute atomic E-state index is 0.187. The zero-order valence-corrected chi connectivity index (χ0v) is 16.4. The molecule has 1 aromatic carbocycles. The molecule has 0 saturated carbocycles. The molecule has 1 amide bonds. The molecule has 0 aliphatic carbocycles. The summed E-state index contributed by atoms with van der Waals surface area (Å²) in [5, 5.41) is 6.23. The Morgan fingerprint density at radius 2 is 2.12 bits per heavy atom. The third-order valence-electron chi connectivity index (χ3n) is 4.71. The summed E-state index contributed by atoms with van der Waals surface area (Å²) in [6.45, 7) is 2.65. The Bertz CT molecular complexity index is 919. The molecule has 0 bridgehead atoms. The van der Waals surface area contributed by atoms with Gasteiger partial charge in [0.2, 0.25) is 0 Å². The molecule has 4 rings (SSSR count). The summed E-state index contributed by atoms with van der Waals surface area (Å²) >= 11 is 9.31. The van der Waals surface area contributed by atoms with Gasteiger partial charge in [-0.25, -0.2) is 4.39 Å². The largest absolute Gasteiger partial charge is 0.349 e. The topological polar surface area (TPSA) is 32.3 Å². The van der Waals surface area contributed by atoms with Crippen LogP contribution in [0.2, 0.25) is 5.02 Å². The molecule has 0 spiro atoms. The van der Waals surface area contributed by atoms with Crippen molar-refractivity contribution < 1.29 is 9.18 Å². The third-order valence-corrected chi connectivity index (χ3v) is 7.34. The van der Waals surface area contributed by atoms with Crippen molar-refractivity contribution in [1.82, 2.24) is 10.2 Å². The standard InChI is InChI=1S/C19H18ClFN2OS2/c20-17-13-6-5-12(21)10-16(13)26-18(17)19(24)22-11-14(15-4-3-9-25-15)23-7-1-2-8-23/h3-6,9-10,14H,1-2,7-8,11H2,(H,22,24). The van der Waals surface area contributed by atoms with E-state index in [0.29, 0.717) is 21.1 Å². The zero-order chi connectivity index (χ0) is 18.1. The van der Waals surface area contributed by atoms with Gasteiger partial charge in [0.25, 0.3) is 5.91 Å². The molecule has 1 saturated heterocycles. The number of amides is 1. The van der Waals surface area contributed by atoms with E-state index in [4.69, 9.17) is 11.6 Å². The number of carbonyl (C=O) groups excluding carboxylic acids is 1. The predicted molar refractivity (Wildman–Crippen MR) is 107 cm³/mol. The monoisotopic (exact) mass is 408 g/mol. The molecule has 1 aliphatic heterocycles. The fourth-order valence-corrected chi connectivity index (χ4v) is 5.72. The maximum atomic E-state index is 13.4. The second-order valence-corrected chi connectivity index (χ2v) is 8.78. The molecular formula is C19H18ClFN2OS2. The molecule has 0 radical (unpaired) electrons. The summed E-state index contributed by atoms with van der Waals surface area (Å²) in [6, 6.07) is 8.76. The molecule has 3 aromatic rings. The number of nitrogens with one attached hydrogen (secondary N) is 1. The van der Waals surface area contributed by atoms with Gasteiger partial charge in [-0.1, -0.05) is 17.7 Å². The Morgan fingerprint density at radius 1 is 1.31 bits per heavy atom. The van der Waals surface area contributed by atoms with E-state index in [1.165, 1.54) is 41.2 Å². The highest BCUT2D eigenvalue weighted by Crippen LogP contribution is 2.36. The summed E-state index contributed by atoms with van der Waals surface area (Å²) < 4.78 is 14.1. The number of hydrogen-bond donors (Lipinski definition) is 1. The SMILES string of the molecule is O=C(NCC(c1cccs1)N1CCCC1)c1sc2cc(F)ccc2c1Cl. The lowest BCUT2D eigenvalue weighted by atomic mass is 10.2. The quantitative estimate of drug-likeness (QED) is 0.619. The highest BCUT2D eigenvalue weighted by molar-refractivity contribution is 7.21. The van der Waals surface area contributed by atoms with Gasteiger partial charge in [0, 0.05) is 21.5 Å². The van der Waals surface area contributed by atoms with Crippen molar-refractivity contribution in [3.05, 3.63) is 56.3 Å². The molecule has 1 unspecified atom stereocenters. The first kappa shape index (κ1) is 17.9. The van der Waals surface area contributed by atoms with Gasteiger partial charge in [0.05, 0.1) is 11.1 Å². The lowest BCUT2D eigenvalue weighted by Crippen LogP contribution is -2.36. The van der Waals surface area contributed by atoms with Gasteiger partial charge < -0.3 is 5.32 Å². The van der Waals surface area contributed by atoms with Crippen molar-refractivity contribution in [3.8, 4) is 0 Å². The molecular weight excluding hydrogens is 391 g/mol. The number of thiophene rings is 2. The first-order chi connectivity index (χ1) is 12.6. The Balaban J connectivity index is 1.53. The van der Waals surface area contributed by atoms with Crippen molar-refractivity contribution in [2.75, 3.05) is 19.6 Å². The van der Waals surface area contributed by atoms with Gasteiger partial charge in [-0.15, -0.1) is 22.7 Å². The van der Waals surface area contributed by atoms with E-state index < -0.39 is 0 Å². The lowest BCUT2D eigenvalue weighted by Gasteiger charge is -2.26. The predicted octanol–water partition coefficient (Wildman–Crippen LogP) is 5.32. The number of likely N-dealkylation sites (tertiary alicyclic amines) is 1. The zero-order valence-electron chi connectivity index (χ0n) is 14.0. The van der Waals surface area contributed by atoms with Crippen LogP contribution in [0.3, 0.4) is 0 Å². The van der Waals surface area contributed by atoms with E-state index in [2.05, 4.69) is 21.7 Å². The Labute approximate surface area is 164 Å². The number of benzene rings is 1. The maximum Gasteiger partial charge on any atom is 0.262 e. The minimum Gasteiger partial charge on any atom is -0.349 e. The van der Waals surface area contributed by atoms with Gasteiger partial charge in [0.1, 0.15) is 10.7 Å². The Morgan fingerprint density at radius 3 is 2.85 bits per heavy atom. The molecule has 1 fully saturated rings. The molecule has 26 heavy (non-hydrogen) atoms. The van der Waals surface area contributed by atoms with E-state index in [0.717, 1.165) is 18.5 Å². The number of hydrogen-bond acceptors (Lipinski definition) is 4. The van der Waals surface area contributed by atoms with Gasteiger partial charge in [-0.05, 0) is 55.6 Å². The lowest BCUT2D eigenvalue weighted by molar-refractivity contribution is 0.0942. The van der Waals surface area contributed by atoms with Crippen molar-refractivity contribution in [1.29, 1.82) is 0 Å². The van der Waals surface area contributed by atoms with E-state index in [9.17, 15) is 9.18 Å². The van der Waals surface area contributed by atoms with Crippen LogP contribution in [-0.2, 0) is 0 Å². The number of fused-ring (bicyclic) bond motifs is 1. The maximum absolute atomic E-state index is 13.4. The smallest absolute Gasteiger partial charge is 0.262 e. The van der Waals surface area contributed by atoms with Crippen LogP contribution in [0.4, 0.5) is 4.39 Å². The molecule has 136 valence electrons. The van der Waals surface area contributed by atoms with Crippen LogP contribution < -0.4 is 5.32 Å². The molecule has 2 aromatic heterocycles. The third kappa shape index (κ3) is 3.51. The molecule has 1 N–H and O–H groups in total. The molecule has 7 heteroatoms. The average molecular weight is 409 g/mol. The van der Waals surface area contributed by atoms with Gasteiger partial charge in [0.15, 0.2) is 0 Å². The van der Waals surface area contributed by atoms with E-state index in [1.807, 2.05) is 6.07 Å². The number of halogens is 2. The number of carbonyl (C=O) groups is 1. The van der Waals surface area contributed by atoms with Crippen LogP contribution in [0.15, 0.2) is 35.7 Å². The van der Waals surface area contributed by atoms with Gasteiger partial charge in [-0.3, -0.25) is 9.69 Å². The van der Waals surface area contributed by atoms with Crippen LogP contribution in [-0.4, -0.2) is 30.4 Å². The number of nitrogens with zero attached hydrogens (tertiary/aromatic N) is 1. The van der Waals surface area contributed by atoms with E-state index in [1.54, 1.807) is 17.4 Å². The second-order valence-electron chi connectivity index (χ2n) is 6.37. The summed E-state index contributed by atoms with van der Waals surface area (Å²) in [6.07, 6.45) is 2.40. The number of rotatable bonds is 5. The van der Waals surface area contributed by atoms with Crippen LogP contribution in [0.5, 0.6) is 0 Å². The van der Waals surface area contributed by atoms with Crippen LogP contribution >= 0.6 is 34.3 Å². The average Bonchev–Trinajstić information content (AvgIpc) is 3.37. The summed E-state index contributed by atoms with van der Waals surface area (Å²) in [5.41, 5.74) is 0. The normalized spacial score (nSPS) is 16.2. The highest BCUT2D eigenvalue weighted by atomic mass is 35.5. The summed E-state index contributed by atoms with van der Waals surface area (Å²) in [7, 11) is 0. The van der Waals surface area contributed by atoms with E-state index >= 15 is 0 Å². The summed E-state index contributed by atoms with van der Waals surface area (Å²) in [5.74, 6) is -0.522. The van der Waals surface area contributed by atoms with Crippen molar-refractivity contribution >= 4 is 50.3 Å². The van der Waals surface area contributed by atoms with Crippen molar-refractivity contribution in [2.24, 2.45) is 0 Å². The van der Waals surface area contributed by atoms with Gasteiger partial charge >= 0.3 is 0 Å². The Hall–Kier alpha value is -1.47. The van der Waals surface area contributed by atoms with Crippen molar-refractivity contribution in [2.45, 2.75) is 18.9 Å². The molecule has 3 nitrogen and oxygen atoms in total. The Kier molecular flexibility index (Phi) is 5.27. The second kappa shape index (κ2) is 7.64. The fourth-order valence-electron chi connectivity index (χ4n) is 3.40. The first-order valence-corrected chi connectivity index (χ1v) is 10.6. The van der Waals surface area contributed by atoms with E-state index in [-0.39, 0.29) is 17.8 Å². The van der Waals surface area contributed by atoms with Gasteiger partial charge in [-0.2, -0.15) is 0 Å². The van der Waals surface area contributed by atoms with Crippen LogP contribution in [0, 0.1) is 5.82 Å². The first-order valence-electron chi connectivity index (χ1n) is 8.56. The minimum atomic E-state index is -0.325. The highest BCUT2D eigenvalue weighted by Gasteiger charge is 2.26. The molecule has 1 aliphatic rings. The summed E-state index contributed by atoms with van der Waals surface area (Å²) in [4.78, 5) is 16.8. The van der Waals surface area contributed by atoms with Crippen LogP contribution in [0.1, 0.15) is 33.4 Å². The fraction of sp³-hybridized carbons (Fsp3) is 0.316.